The second-order valence-corrected chi connectivity index (χ2v) is 6.53. The monoisotopic (exact) mass is 335 g/mol. The second-order valence-electron chi connectivity index (χ2n) is 6.09. The van der Waals surface area contributed by atoms with E-state index in [0.717, 1.165) is 12.1 Å². The van der Waals surface area contributed by atoms with E-state index in [2.05, 4.69) is 22.0 Å². The molecule has 0 saturated carbocycles. The summed E-state index contributed by atoms with van der Waals surface area (Å²) in [5.41, 5.74) is 0.833. The van der Waals surface area contributed by atoms with Crippen LogP contribution in [0.15, 0.2) is 28.8 Å². The Morgan fingerprint density at radius 3 is 2.83 bits per heavy atom. The number of carboxylic acid groups (broad SMARTS) is 1. The number of aliphatic carboxylic acids is 1. The van der Waals surface area contributed by atoms with Crippen molar-refractivity contribution in [3.05, 3.63) is 35.2 Å². The zero-order chi connectivity index (χ0) is 16.4. The van der Waals surface area contributed by atoms with Gasteiger partial charge in [0.1, 0.15) is 0 Å². The highest BCUT2D eigenvalue weighted by atomic mass is 35.5. The Kier molecular flexibility index (Phi) is 4.63. The fraction of sp³-hybridized carbons (Fsp3) is 0.438. The number of piperidine rings is 1. The number of likely N-dealkylation sites (tertiary alicyclic amines) is 1. The van der Waals surface area contributed by atoms with Gasteiger partial charge < -0.3 is 9.63 Å². The summed E-state index contributed by atoms with van der Waals surface area (Å²) in [6.07, 6.45) is 0.714. The molecule has 0 spiro atoms. The Labute approximate surface area is 139 Å². The predicted molar refractivity (Wildman–Crippen MR) is 84.9 cm³/mol. The number of benzene rings is 1. The lowest BCUT2D eigenvalue weighted by molar-refractivity contribution is -0.144. The molecule has 1 N–H and O–H groups in total. The first-order valence-electron chi connectivity index (χ1n) is 7.55. The molecule has 1 aromatic heterocycles. The van der Waals surface area contributed by atoms with Crippen LogP contribution in [-0.4, -0.2) is 39.2 Å². The molecule has 1 aliphatic heterocycles. The van der Waals surface area contributed by atoms with Gasteiger partial charge in [-0.25, -0.2) is 0 Å². The van der Waals surface area contributed by atoms with Gasteiger partial charge in [-0.05, 0) is 36.6 Å². The smallest absolute Gasteiger partial charge is 0.307 e. The van der Waals surface area contributed by atoms with Crippen LogP contribution in [0, 0.1) is 11.8 Å². The van der Waals surface area contributed by atoms with E-state index in [1.165, 1.54) is 0 Å². The van der Waals surface area contributed by atoms with Gasteiger partial charge in [-0.3, -0.25) is 9.69 Å². The quantitative estimate of drug-likeness (QED) is 0.925. The van der Waals surface area contributed by atoms with Crippen LogP contribution in [0.25, 0.3) is 11.4 Å². The molecule has 1 aromatic carbocycles. The Balaban J connectivity index is 1.69. The maximum atomic E-state index is 11.2. The van der Waals surface area contributed by atoms with Gasteiger partial charge in [0.05, 0.1) is 12.5 Å². The summed E-state index contributed by atoms with van der Waals surface area (Å²) >= 11 is 5.87. The first-order valence-corrected chi connectivity index (χ1v) is 7.92. The highest BCUT2D eigenvalue weighted by Crippen LogP contribution is 2.24. The number of carboxylic acids is 1. The van der Waals surface area contributed by atoms with Crippen LogP contribution in [0.2, 0.25) is 5.02 Å². The van der Waals surface area contributed by atoms with Crippen molar-refractivity contribution < 1.29 is 14.4 Å². The van der Waals surface area contributed by atoms with E-state index in [1.807, 2.05) is 12.1 Å². The van der Waals surface area contributed by atoms with Crippen LogP contribution in [0.5, 0.6) is 0 Å². The third-order valence-electron chi connectivity index (χ3n) is 4.01. The van der Waals surface area contributed by atoms with Crippen molar-refractivity contribution >= 4 is 17.6 Å². The van der Waals surface area contributed by atoms with Crippen molar-refractivity contribution in [2.24, 2.45) is 11.8 Å². The molecule has 1 saturated heterocycles. The number of hydrogen-bond acceptors (Lipinski definition) is 5. The summed E-state index contributed by atoms with van der Waals surface area (Å²) in [4.78, 5) is 17.7. The molecule has 122 valence electrons. The summed E-state index contributed by atoms with van der Waals surface area (Å²) in [7, 11) is 0. The fourth-order valence-corrected chi connectivity index (χ4v) is 3.12. The van der Waals surface area contributed by atoms with E-state index in [-0.39, 0.29) is 5.92 Å². The molecule has 2 aromatic rings. The third-order valence-corrected chi connectivity index (χ3v) is 4.27. The molecule has 0 aliphatic carbocycles. The van der Waals surface area contributed by atoms with Gasteiger partial charge in [0.15, 0.2) is 0 Å². The Morgan fingerprint density at radius 1 is 1.39 bits per heavy atom. The van der Waals surface area contributed by atoms with Crippen LogP contribution in [0.1, 0.15) is 19.2 Å². The van der Waals surface area contributed by atoms with Crippen LogP contribution >= 0.6 is 11.6 Å². The first-order chi connectivity index (χ1) is 11.0. The number of hydrogen-bond donors (Lipinski definition) is 1. The fourth-order valence-electron chi connectivity index (χ4n) is 3.00. The molecular formula is C16H18ClN3O3. The van der Waals surface area contributed by atoms with Gasteiger partial charge in [-0.1, -0.05) is 23.7 Å². The molecule has 2 heterocycles. The SMILES string of the molecule is CC1CC(C(=O)O)CN(Cc2nc(-c3ccc(Cl)cc3)no2)C1. The molecule has 2 atom stereocenters. The molecule has 23 heavy (non-hydrogen) atoms. The van der Waals surface area contributed by atoms with Crippen molar-refractivity contribution in [3.8, 4) is 11.4 Å². The molecule has 0 radical (unpaired) electrons. The van der Waals surface area contributed by atoms with Gasteiger partial charge in [0.2, 0.25) is 11.7 Å². The van der Waals surface area contributed by atoms with Gasteiger partial charge in [0, 0.05) is 23.7 Å². The lowest BCUT2D eigenvalue weighted by Gasteiger charge is -2.33. The zero-order valence-electron chi connectivity index (χ0n) is 12.8. The largest absolute Gasteiger partial charge is 0.481 e. The Hall–Kier alpha value is -1.92. The van der Waals surface area contributed by atoms with E-state index < -0.39 is 5.97 Å². The average Bonchev–Trinajstić information content (AvgIpc) is 2.95. The topological polar surface area (TPSA) is 79.5 Å². The number of aromatic nitrogens is 2. The standard InChI is InChI=1S/C16H18ClN3O3/c1-10-6-12(16(21)22)8-20(7-10)9-14-18-15(19-23-14)11-2-4-13(17)5-3-11/h2-5,10,12H,6-9H2,1H3,(H,21,22). The molecule has 0 amide bonds. The number of rotatable bonds is 4. The normalized spacial score (nSPS) is 22.2. The molecule has 7 heteroatoms. The average molecular weight is 336 g/mol. The summed E-state index contributed by atoms with van der Waals surface area (Å²) in [5.74, 6) is 0.263. The summed E-state index contributed by atoms with van der Waals surface area (Å²) in [6, 6.07) is 7.22. The van der Waals surface area contributed by atoms with Crippen molar-refractivity contribution in [3.63, 3.8) is 0 Å². The van der Waals surface area contributed by atoms with Crippen LogP contribution < -0.4 is 0 Å². The Morgan fingerprint density at radius 2 is 2.13 bits per heavy atom. The van der Waals surface area contributed by atoms with E-state index >= 15 is 0 Å². The van der Waals surface area contributed by atoms with Crippen molar-refractivity contribution in [2.45, 2.75) is 19.9 Å². The molecule has 0 bridgehead atoms. The lowest BCUT2D eigenvalue weighted by Crippen LogP contribution is -2.42. The van der Waals surface area contributed by atoms with E-state index in [9.17, 15) is 9.90 Å². The minimum Gasteiger partial charge on any atom is -0.481 e. The molecule has 1 fully saturated rings. The lowest BCUT2D eigenvalue weighted by atomic mass is 9.90. The molecule has 6 nitrogen and oxygen atoms in total. The second kappa shape index (κ2) is 6.68. The highest BCUT2D eigenvalue weighted by molar-refractivity contribution is 6.30. The highest BCUT2D eigenvalue weighted by Gasteiger charge is 2.30. The van der Waals surface area contributed by atoms with E-state index in [0.29, 0.717) is 42.2 Å². The number of nitrogens with zero attached hydrogens (tertiary/aromatic N) is 3. The van der Waals surface area contributed by atoms with Crippen LogP contribution in [-0.2, 0) is 11.3 Å². The van der Waals surface area contributed by atoms with Gasteiger partial charge in [-0.2, -0.15) is 4.98 Å². The Bertz CT molecular complexity index is 686. The maximum Gasteiger partial charge on any atom is 0.307 e. The van der Waals surface area contributed by atoms with Gasteiger partial charge in [-0.15, -0.1) is 0 Å². The van der Waals surface area contributed by atoms with Gasteiger partial charge >= 0.3 is 5.97 Å². The summed E-state index contributed by atoms with van der Waals surface area (Å²) in [5, 5.41) is 13.9. The molecule has 1 aliphatic rings. The van der Waals surface area contributed by atoms with Crippen molar-refractivity contribution in [1.29, 1.82) is 0 Å². The van der Waals surface area contributed by atoms with Crippen molar-refractivity contribution in [1.82, 2.24) is 15.0 Å². The predicted octanol–water partition coefficient (Wildman–Crippen LogP) is 2.93. The van der Waals surface area contributed by atoms with Crippen molar-refractivity contribution in [2.75, 3.05) is 13.1 Å². The summed E-state index contributed by atoms with van der Waals surface area (Å²) < 4.78 is 5.30. The molecule has 2 unspecified atom stereocenters. The van der Waals surface area contributed by atoms with E-state index in [4.69, 9.17) is 16.1 Å². The minimum absolute atomic E-state index is 0.336. The van der Waals surface area contributed by atoms with Crippen LogP contribution in [0.3, 0.4) is 0 Å². The third kappa shape index (κ3) is 3.89. The zero-order valence-corrected chi connectivity index (χ0v) is 13.5. The first kappa shape index (κ1) is 16.0. The molecular weight excluding hydrogens is 318 g/mol. The maximum absolute atomic E-state index is 11.2. The number of carbonyl (C=O) groups is 1. The van der Waals surface area contributed by atoms with Crippen LogP contribution in [0.4, 0.5) is 0 Å². The molecule has 3 rings (SSSR count). The number of halogens is 1. The summed E-state index contributed by atoms with van der Waals surface area (Å²) in [6.45, 7) is 3.88. The van der Waals surface area contributed by atoms with E-state index in [1.54, 1.807) is 12.1 Å². The van der Waals surface area contributed by atoms with Gasteiger partial charge in [0.25, 0.3) is 0 Å². The minimum atomic E-state index is -0.742.